The molecule has 2 aromatic rings. The lowest BCUT2D eigenvalue weighted by Gasteiger charge is -2.39. The lowest BCUT2D eigenvalue weighted by molar-refractivity contribution is -0.125. The quantitative estimate of drug-likeness (QED) is 0.500. The van der Waals surface area contributed by atoms with Crippen molar-refractivity contribution in [3.8, 4) is 11.5 Å². The molecule has 9 nitrogen and oxygen atoms in total. The molecule has 0 saturated carbocycles. The number of hydrogen-bond acceptors (Lipinski definition) is 7. The molecule has 5 rings (SSSR count). The first kappa shape index (κ1) is 28.0. The van der Waals surface area contributed by atoms with Crippen molar-refractivity contribution in [2.75, 3.05) is 45.4 Å². The molecule has 9 heteroatoms. The summed E-state index contributed by atoms with van der Waals surface area (Å²) in [6.45, 7) is 6.26. The van der Waals surface area contributed by atoms with Crippen molar-refractivity contribution in [3.05, 3.63) is 53.1 Å². The smallest absolute Gasteiger partial charge is 0.263 e. The third-order valence-corrected chi connectivity index (χ3v) is 8.25. The molecule has 0 spiro atoms. The van der Waals surface area contributed by atoms with Crippen LogP contribution < -0.4 is 19.7 Å². The minimum atomic E-state index is -0.381. The van der Waals surface area contributed by atoms with E-state index in [0.717, 1.165) is 30.6 Å². The number of methoxy groups -OCH3 is 2. The number of nitrogens with zero attached hydrogens (tertiary/aromatic N) is 2. The molecule has 40 heavy (non-hydrogen) atoms. The van der Waals surface area contributed by atoms with E-state index in [1.807, 2.05) is 44.2 Å². The van der Waals surface area contributed by atoms with E-state index in [1.165, 1.54) is 4.90 Å². The Kier molecular flexibility index (Phi) is 8.03. The van der Waals surface area contributed by atoms with Crippen molar-refractivity contribution in [1.82, 2.24) is 10.2 Å². The zero-order valence-electron chi connectivity index (χ0n) is 23.8. The summed E-state index contributed by atoms with van der Waals surface area (Å²) in [4.78, 5) is 43.8. The van der Waals surface area contributed by atoms with Crippen molar-refractivity contribution in [2.24, 2.45) is 5.92 Å². The molecule has 3 aliphatic rings. The van der Waals surface area contributed by atoms with Crippen LogP contribution >= 0.6 is 0 Å². The summed E-state index contributed by atoms with van der Waals surface area (Å²) in [5, 5.41) is 3.09. The fourth-order valence-corrected chi connectivity index (χ4v) is 6.22. The molecule has 0 aliphatic carbocycles. The summed E-state index contributed by atoms with van der Waals surface area (Å²) in [5.74, 6) is 0.674. The second kappa shape index (κ2) is 11.5. The van der Waals surface area contributed by atoms with Gasteiger partial charge in [-0.3, -0.25) is 19.3 Å². The summed E-state index contributed by atoms with van der Waals surface area (Å²) < 4.78 is 16.5. The van der Waals surface area contributed by atoms with Crippen LogP contribution in [0.25, 0.3) is 0 Å². The Morgan fingerprint density at radius 3 is 2.62 bits per heavy atom. The Bertz CT molecular complexity index is 1290. The average Bonchev–Trinajstić information content (AvgIpc) is 3.21. The Labute approximate surface area is 235 Å². The van der Waals surface area contributed by atoms with E-state index >= 15 is 0 Å². The van der Waals surface area contributed by atoms with Crippen LogP contribution in [0.5, 0.6) is 11.5 Å². The maximum atomic E-state index is 13.7. The number of carbonyl (C=O) groups is 3. The molecule has 3 amide bonds. The predicted octanol–water partition coefficient (Wildman–Crippen LogP) is 3.83. The fourth-order valence-electron chi connectivity index (χ4n) is 6.22. The van der Waals surface area contributed by atoms with Gasteiger partial charge in [-0.15, -0.1) is 0 Å². The third-order valence-electron chi connectivity index (χ3n) is 8.25. The molecule has 2 fully saturated rings. The van der Waals surface area contributed by atoms with E-state index in [4.69, 9.17) is 14.2 Å². The maximum absolute atomic E-state index is 13.7. The normalized spacial score (nSPS) is 22.2. The van der Waals surface area contributed by atoms with Gasteiger partial charge in [-0.1, -0.05) is 12.1 Å². The largest absolute Gasteiger partial charge is 0.493 e. The van der Waals surface area contributed by atoms with Crippen molar-refractivity contribution in [1.29, 1.82) is 0 Å². The highest BCUT2D eigenvalue weighted by atomic mass is 16.5. The molecule has 0 bridgehead atoms. The average molecular weight is 550 g/mol. The first-order chi connectivity index (χ1) is 19.2. The number of piperidine rings is 1. The topological polar surface area (TPSA) is 97.4 Å². The second-order valence-electron chi connectivity index (χ2n) is 11.5. The summed E-state index contributed by atoms with van der Waals surface area (Å²) in [6, 6.07) is 11.0. The Hall–Kier alpha value is -3.59. The molecule has 0 unspecified atom stereocenters. The number of hydrogen-bond donors (Lipinski definition) is 1. The van der Waals surface area contributed by atoms with Gasteiger partial charge in [0.15, 0.2) is 11.5 Å². The van der Waals surface area contributed by atoms with E-state index in [0.29, 0.717) is 61.6 Å². The predicted molar refractivity (Wildman–Crippen MR) is 151 cm³/mol. The van der Waals surface area contributed by atoms with Crippen LogP contribution in [0, 0.1) is 5.92 Å². The minimum absolute atomic E-state index is 0.00576. The van der Waals surface area contributed by atoms with Gasteiger partial charge in [0.25, 0.3) is 11.8 Å². The molecule has 2 saturated heterocycles. The van der Waals surface area contributed by atoms with Gasteiger partial charge in [-0.05, 0) is 75.8 Å². The highest BCUT2D eigenvalue weighted by Crippen LogP contribution is 2.38. The summed E-state index contributed by atoms with van der Waals surface area (Å²) >= 11 is 0. The molecular weight excluding hydrogens is 510 g/mol. The zero-order chi connectivity index (χ0) is 28.4. The molecule has 0 aromatic heterocycles. The van der Waals surface area contributed by atoms with Gasteiger partial charge in [-0.2, -0.15) is 0 Å². The summed E-state index contributed by atoms with van der Waals surface area (Å²) in [5.41, 5.74) is 2.32. The van der Waals surface area contributed by atoms with Gasteiger partial charge in [0.2, 0.25) is 5.91 Å². The fraction of sp³-hybridized carbons (Fsp3) is 0.516. The van der Waals surface area contributed by atoms with Crippen LogP contribution in [0.2, 0.25) is 0 Å². The second-order valence-corrected chi connectivity index (χ2v) is 11.5. The van der Waals surface area contributed by atoms with Crippen molar-refractivity contribution in [2.45, 2.75) is 57.6 Å². The molecule has 3 aliphatic heterocycles. The summed E-state index contributed by atoms with van der Waals surface area (Å²) in [6.07, 6.45) is 3.54. The molecular formula is C31H39N3O6. The lowest BCUT2D eigenvalue weighted by atomic mass is 9.93. The zero-order valence-corrected chi connectivity index (χ0v) is 23.8. The first-order valence-electron chi connectivity index (χ1n) is 14.1. The number of nitrogens with one attached hydrogen (secondary N) is 1. The van der Waals surface area contributed by atoms with Crippen LogP contribution in [0.3, 0.4) is 0 Å². The Morgan fingerprint density at radius 2 is 1.88 bits per heavy atom. The molecule has 214 valence electrons. The van der Waals surface area contributed by atoms with Gasteiger partial charge < -0.3 is 24.4 Å². The monoisotopic (exact) mass is 549 g/mol. The number of fused-ring (bicyclic) bond motifs is 1. The van der Waals surface area contributed by atoms with Crippen molar-refractivity contribution in [3.63, 3.8) is 0 Å². The number of ether oxygens (including phenoxy) is 3. The van der Waals surface area contributed by atoms with Crippen LogP contribution in [0.1, 0.15) is 65.8 Å². The van der Waals surface area contributed by atoms with Crippen molar-refractivity contribution >= 4 is 23.4 Å². The highest BCUT2D eigenvalue weighted by Gasteiger charge is 2.45. The molecule has 3 heterocycles. The number of rotatable bonds is 8. The SMILES string of the molecule is COc1ccc(CCNC(=O)[C@H]2CCCN(c3cccc4c3C(=O)N([C@H]3CCOC(C)(C)C3)C4=O)C2)cc1OC. The third kappa shape index (κ3) is 5.52. The number of amides is 3. The van der Waals surface area contributed by atoms with Crippen LogP contribution in [-0.4, -0.2) is 74.7 Å². The number of carbonyl (C=O) groups excluding carboxylic acids is 3. The van der Waals surface area contributed by atoms with E-state index in [-0.39, 0.29) is 35.3 Å². The molecule has 2 aromatic carbocycles. The number of anilines is 1. The standard InChI is InChI=1S/C31H39N3O6/c1-31(2)18-22(13-16-40-31)34-29(36)23-8-5-9-24(27(23)30(34)37)33-15-6-7-21(19-33)28(35)32-14-12-20-10-11-25(38-3)26(17-20)39-4/h5,8-11,17,21-22H,6-7,12-16,18-19H2,1-4H3,(H,32,35)/t21-,22-/m0/s1. The maximum Gasteiger partial charge on any atom is 0.263 e. The van der Waals surface area contributed by atoms with E-state index < -0.39 is 0 Å². The van der Waals surface area contributed by atoms with E-state index in [9.17, 15) is 14.4 Å². The van der Waals surface area contributed by atoms with Crippen LogP contribution in [0.4, 0.5) is 5.69 Å². The molecule has 0 radical (unpaired) electrons. The van der Waals surface area contributed by atoms with Gasteiger partial charge in [0.1, 0.15) is 0 Å². The van der Waals surface area contributed by atoms with Gasteiger partial charge in [-0.25, -0.2) is 0 Å². The number of imide groups is 1. The minimum Gasteiger partial charge on any atom is -0.493 e. The Morgan fingerprint density at radius 1 is 1.07 bits per heavy atom. The van der Waals surface area contributed by atoms with Gasteiger partial charge >= 0.3 is 0 Å². The lowest BCUT2D eigenvalue weighted by Crippen LogP contribution is -2.48. The van der Waals surface area contributed by atoms with Crippen molar-refractivity contribution < 1.29 is 28.6 Å². The van der Waals surface area contributed by atoms with Crippen LogP contribution in [0.15, 0.2) is 36.4 Å². The Balaban J connectivity index is 1.24. The first-order valence-corrected chi connectivity index (χ1v) is 14.1. The van der Waals surface area contributed by atoms with E-state index in [1.54, 1.807) is 20.3 Å². The molecule has 1 N–H and O–H groups in total. The van der Waals surface area contributed by atoms with Gasteiger partial charge in [0.05, 0.1) is 42.6 Å². The van der Waals surface area contributed by atoms with Crippen LogP contribution in [-0.2, 0) is 16.0 Å². The van der Waals surface area contributed by atoms with E-state index in [2.05, 4.69) is 10.2 Å². The summed E-state index contributed by atoms with van der Waals surface area (Å²) in [7, 11) is 3.21. The van der Waals surface area contributed by atoms with Gasteiger partial charge in [0, 0.05) is 32.3 Å². The number of benzene rings is 2. The molecule has 2 atom stereocenters. The highest BCUT2D eigenvalue weighted by molar-refractivity contribution is 6.24.